The van der Waals surface area contributed by atoms with Gasteiger partial charge in [-0.25, -0.2) is 0 Å². The number of anilines is 2. The lowest BCUT2D eigenvalue weighted by Gasteiger charge is -2.30. The molecule has 0 aromatic heterocycles. The predicted octanol–water partition coefficient (Wildman–Crippen LogP) is 2.49. The van der Waals surface area contributed by atoms with E-state index in [1.54, 1.807) is 18.1 Å². The Balaban J connectivity index is 1.77. The van der Waals surface area contributed by atoms with Crippen LogP contribution in [0.5, 0.6) is 5.75 Å². The van der Waals surface area contributed by atoms with E-state index in [1.807, 2.05) is 37.3 Å². The number of fused-ring (bicyclic) bond motifs is 1. The lowest BCUT2D eigenvalue weighted by molar-refractivity contribution is -0.117. The van der Waals surface area contributed by atoms with Gasteiger partial charge < -0.3 is 20.7 Å². The summed E-state index contributed by atoms with van der Waals surface area (Å²) in [6.45, 7) is 2.59. The molecule has 1 aliphatic heterocycles. The lowest BCUT2D eigenvalue weighted by Crippen LogP contribution is -2.39. The van der Waals surface area contributed by atoms with Gasteiger partial charge in [-0.1, -0.05) is 12.1 Å². The monoisotopic (exact) mass is 353 g/mol. The van der Waals surface area contributed by atoms with E-state index < -0.39 is 5.91 Å². The quantitative estimate of drug-likeness (QED) is 0.865. The first-order chi connectivity index (χ1) is 12.5. The Morgan fingerprint density at radius 1 is 1.27 bits per heavy atom. The molecule has 0 unspecified atom stereocenters. The van der Waals surface area contributed by atoms with Crippen molar-refractivity contribution in [2.45, 2.75) is 19.8 Å². The van der Waals surface area contributed by atoms with E-state index in [4.69, 9.17) is 10.5 Å². The number of hydrogen-bond donors (Lipinski definition) is 2. The molecule has 2 aromatic carbocycles. The Bertz CT molecular complexity index is 848. The summed E-state index contributed by atoms with van der Waals surface area (Å²) in [7, 11) is 1.63. The van der Waals surface area contributed by atoms with Crippen molar-refractivity contribution in [2.75, 3.05) is 30.4 Å². The fourth-order valence-electron chi connectivity index (χ4n) is 3.37. The van der Waals surface area contributed by atoms with Crippen LogP contribution in [0.4, 0.5) is 11.4 Å². The van der Waals surface area contributed by atoms with Crippen LogP contribution in [0.2, 0.25) is 0 Å². The summed E-state index contributed by atoms with van der Waals surface area (Å²) in [5.74, 6) is 0.239. The van der Waals surface area contributed by atoms with E-state index in [0.29, 0.717) is 17.8 Å². The molecule has 0 saturated carbocycles. The molecule has 0 radical (unpaired) electrons. The van der Waals surface area contributed by atoms with Crippen LogP contribution < -0.4 is 20.7 Å². The fourth-order valence-corrected chi connectivity index (χ4v) is 3.37. The molecule has 2 aromatic rings. The van der Waals surface area contributed by atoms with Gasteiger partial charge in [0.15, 0.2) is 0 Å². The van der Waals surface area contributed by atoms with Crippen LogP contribution >= 0.6 is 0 Å². The molecule has 2 amide bonds. The Kier molecular flexibility index (Phi) is 5.11. The zero-order valence-electron chi connectivity index (χ0n) is 15.0. The number of methoxy groups -OCH3 is 1. The number of benzene rings is 2. The number of carbonyl (C=O) groups excluding carboxylic acids is 2. The molecule has 3 N–H and O–H groups in total. The second kappa shape index (κ2) is 7.47. The Morgan fingerprint density at radius 3 is 2.81 bits per heavy atom. The highest BCUT2D eigenvalue weighted by Crippen LogP contribution is 2.30. The summed E-state index contributed by atoms with van der Waals surface area (Å²) >= 11 is 0. The summed E-state index contributed by atoms with van der Waals surface area (Å²) in [5.41, 5.74) is 9.28. The lowest BCUT2D eigenvalue weighted by atomic mass is 10.0. The third kappa shape index (κ3) is 3.49. The minimum Gasteiger partial charge on any atom is -0.497 e. The molecule has 0 aliphatic carbocycles. The van der Waals surface area contributed by atoms with Crippen molar-refractivity contribution in [3.05, 3.63) is 53.1 Å². The molecule has 0 bridgehead atoms. The van der Waals surface area contributed by atoms with Crippen molar-refractivity contribution < 1.29 is 14.3 Å². The van der Waals surface area contributed by atoms with Crippen LogP contribution in [0.1, 0.15) is 27.9 Å². The molecule has 1 heterocycles. The zero-order valence-corrected chi connectivity index (χ0v) is 15.0. The van der Waals surface area contributed by atoms with Crippen LogP contribution in [0.25, 0.3) is 0 Å². The molecule has 0 spiro atoms. The smallest absolute Gasteiger partial charge is 0.251 e. The van der Waals surface area contributed by atoms with Gasteiger partial charge in [0.2, 0.25) is 5.91 Å². The normalized spacial score (nSPS) is 13.1. The number of rotatable bonds is 5. The van der Waals surface area contributed by atoms with Gasteiger partial charge in [0, 0.05) is 17.9 Å². The summed E-state index contributed by atoms with van der Waals surface area (Å²) in [5, 5.41) is 3.07. The second-order valence-electron chi connectivity index (χ2n) is 6.36. The number of nitrogens with two attached hydrogens (primary N) is 1. The molecule has 26 heavy (non-hydrogen) atoms. The minimum atomic E-state index is -0.506. The highest BCUT2D eigenvalue weighted by Gasteiger charge is 2.23. The summed E-state index contributed by atoms with van der Waals surface area (Å²) in [6.07, 6.45) is 1.83. The van der Waals surface area contributed by atoms with Gasteiger partial charge in [-0.2, -0.15) is 0 Å². The number of aryl methyl sites for hydroxylation is 2. The number of nitrogens with zero attached hydrogens (tertiary/aromatic N) is 1. The largest absolute Gasteiger partial charge is 0.497 e. The van der Waals surface area contributed by atoms with Crippen molar-refractivity contribution in [3.63, 3.8) is 0 Å². The van der Waals surface area contributed by atoms with E-state index in [1.165, 1.54) is 0 Å². The van der Waals surface area contributed by atoms with Crippen molar-refractivity contribution >= 4 is 23.2 Å². The maximum atomic E-state index is 12.8. The van der Waals surface area contributed by atoms with E-state index in [-0.39, 0.29) is 12.5 Å². The van der Waals surface area contributed by atoms with Crippen LogP contribution in [-0.2, 0) is 11.2 Å². The molecule has 3 rings (SSSR count). The van der Waals surface area contributed by atoms with Crippen molar-refractivity contribution in [3.8, 4) is 5.75 Å². The summed E-state index contributed by atoms with van der Waals surface area (Å²) in [4.78, 5) is 26.2. The average Bonchev–Trinajstić information content (AvgIpc) is 2.64. The van der Waals surface area contributed by atoms with Gasteiger partial charge in [0.05, 0.1) is 19.2 Å². The van der Waals surface area contributed by atoms with Gasteiger partial charge in [-0.05, 0) is 55.2 Å². The van der Waals surface area contributed by atoms with Crippen LogP contribution in [0, 0.1) is 6.92 Å². The second-order valence-corrected chi connectivity index (χ2v) is 6.36. The Labute approximate surface area is 152 Å². The highest BCUT2D eigenvalue weighted by atomic mass is 16.5. The van der Waals surface area contributed by atoms with Crippen LogP contribution in [0.15, 0.2) is 36.4 Å². The Hall–Kier alpha value is -3.02. The number of hydrogen-bond acceptors (Lipinski definition) is 4. The molecular formula is C20H23N3O3. The molecule has 0 atom stereocenters. The Morgan fingerprint density at radius 2 is 2.08 bits per heavy atom. The number of nitrogens with one attached hydrogen (secondary N) is 1. The first kappa shape index (κ1) is 17.8. The first-order valence-corrected chi connectivity index (χ1v) is 8.62. The molecule has 136 valence electrons. The number of primary amides is 1. The number of ether oxygens (including phenoxy) is 1. The zero-order chi connectivity index (χ0) is 18.7. The maximum absolute atomic E-state index is 12.8. The number of carbonyl (C=O) groups is 2. The SMILES string of the molecule is COc1ccc2c(c1)CCCN2C(=O)CNc1cccc(C)c1C(N)=O. The van der Waals surface area contributed by atoms with Crippen LogP contribution in [0.3, 0.4) is 0 Å². The third-order valence-electron chi connectivity index (χ3n) is 4.66. The predicted molar refractivity (Wildman–Crippen MR) is 102 cm³/mol. The average molecular weight is 353 g/mol. The van der Waals surface area contributed by atoms with Crippen molar-refractivity contribution in [2.24, 2.45) is 5.73 Å². The van der Waals surface area contributed by atoms with E-state index in [2.05, 4.69) is 5.32 Å². The van der Waals surface area contributed by atoms with Gasteiger partial charge in [0.25, 0.3) is 5.91 Å². The molecule has 1 aliphatic rings. The third-order valence-corrected chi connectivity index (χ3v) is 4.66. The van der Waals surface area contributed by atoms with Crippen molar-refractivity contribution in [1.82, 2.24) is 0 Å². The van der Waals surface area contributed by atoms with Crippen LogP contribution in [-0.4, -0.2) is 32.0 Å². The minimum absolute atomic E-state index is 0.0481. The molecule has 0 fully saturated rings. The number of amides is 2. The van der Waals surface area contributed by atoms with Gasteiger partial charge in [-0.3, -0.25) is 9.59 Å². The molecular weight excluding hydrogens is 330 g/mol. The van der Waals surface area contributed by atoms with Gasteiger partial charge in [0.1, 0.15) is 5.75 Å². The molecule has 6 nitrogen and oxygen atoms in total. The van der Waals surface area contributed by atoms with Crippen molar-refractivity contribution in [1.29, 1.82) is 0 Å². The van der Waals surface area contributed by atoms with Gasteiger partial charge >= 0.3 is 0 Å². The van der Waals surface area contributed by atoms with E-state index in [0.717, 1.165) is 35.4 Å². The standard InChI is InChI=1S/C20H23N3O3/c1-13-5-3-7-16(19(13)20(21)25)22-12-18(24)23-10-4-6-14-11-15(26-2)8-9-17(14)23/h3,5,7-9,11,22H,4,6,10,12H2,1-2H3,(H2,21,25). The first-order valence-electron chi connectivity index (χ1n) is 8.62. The molecule has 0 saturated heterocycles. The topological polar surface area (TPSA) is 84.7 Å². The summed E-state index contributed by atoms with van der Waals surface area (Å²) < 4.78 is 5.27. The highest BCUT2D eigenvalue weighted by molar-refractivity contribution is 6.02. The maximum Gasteiger partial charge on any atom is 0.251 e. The van der Waals surface area contributed by atoms with E-state index >= 15 is 0 Å². The fraction of sp³-hybridized carbons (Fsp3) is 0.300. The van der Waals surface area contributed by atoms with E-state index in [9.17, 15) is 9.59 Å². The molecule has 6 heteroatoms. The summed E-state index contributed by atoms with van der Waals surface area (Å²) in [6, 6.07) is 11.2. The van der Waals surface area contributed by atoms with Gasteiger partial charge in [-0.15, -0.1) is 0 Å².